The SMILES string of the molecule is CCC12CCCC(C(C)O[N+](=O)[O-])(CC(C)(CCN)C1)C2. The Morgan fingerprint density at radius 3 is 2.62 bits per heavy atom. The van der Waals surface area contributed by atoms with Crippen LogP contribution in [0.1, 0.15) is 72.1 Å². The highest BCUT2D eigenvalue weighted by molar-refractivity contribution is 5.06. The lowest BCUT2D eigenvalue weighted by molar-refractivity contribution is -0.772. The summed E-state index contributed by atoms with van der Waals surface area (Å²) in [6.45, 7) is 7.17. The lowest BCUT2D eigenvalue weighted by Gasteiger charge is -2.60. The van der Waals surface area contributed by atoms with Crippen molar-refractivity contribution in [2.75, 3.05) is 6.54 Å². The van der Waals surface area contributed by atoms with Crippen LogP contribution in [0.2, 0.25) is 0 Å². The van der Waals surface area contributed by atoms with Crippen LogP contribution in [-0.2, 0) is 4.84 Å². The average Bonchev–Trinajstić information content (AvgIpc) is 2.37. The van der Waals surface area contributed by atoms with Crippen molar-refractivity contribution >= 4 is 0 Å². The summed E-state index contributed by atoms with van der Waals surface area (Å²) < 4.78 is 0. The summed E-state index contributed by atoms with van der Waals surface area (Å²) in [7, 11) is 0. The molecule has 0 spiro atoms. The zero-order chi connectivity index (χ0) is 15.7. The maximum absolute atomic E-state index is 10.8. The molecule has 0 radical (unpaired) electrons. The van der Waals surface area contributed by atoms with E-state index in [1.165, 1.54) is 12.8 Å². The quantitative estimate of drug-likeness (QED) is 0.599. The minimum atomic E-state index is -0.615. The fourth-order valence-electron chi connectivity index (χ4n) is 5.54. The maximum Gasteiger partial charge on any atom is 0.294 e. The van der Waals surface area contributed by atoms with E-state index in [2.05, 4.69) is 13.8 Å². The topological polar surface area (TPSA) is 78.4 Å². The molecule has 4 atom stereocenters. The van der Waals surface area contributed by atoms with Crippen molar-refractivity contribution in [3.63, 3.8) is 0 Å². The first kappa shape index (κ1) is 16.5. The van der Waals surface area contributed by atoms with Gasteiger partial charge in [-0.25, -0.2) is 0 Å². The van der Waals surface area contributed by atoms with Crippen LogP contribution in [0.5, 0.6) is 0 Å². The van der Waals surface area contributed by atoms with E-state index in [0.29, 0.717) is 12.0 Å². The molecule has 2 fully saturated rings. The minimum Gasteiger partial charge on any atom is -0.330 e. The Bertz CT molecular complexity index is 403. The van der Waals surface area contributed by atoms with Gasteiger partial charge in [-0.2, -0.15) is 0 Å². The van der Waals surface area contributed by atoms with E-state index in [1.807, 2.05) is 6.92 Å². The lowest BCUT2D eigenvalue weighted by Crippen LogP contribution is -2.53. The van der Waals surface area contributed by atoms with Crippen molar-refractivity contribution in [1.82, 2.24) is 0 Å². The number of hydrogen-bond donors (Lipinski definition) is 1. The summed E-state index contributed by atoms with van der Waals surface area (Å²) in [5, 5.41) is 10.2. The number of fused-ring (bicyclic) bond motifs is 2. The van der Waals surface area contributed by atoms with Gasteiger partial charge in [0.25, 0.3) is 5.09 Å². The Morgan fingerprint density at radius 1 is 1.33 bits per heavy atom. The molecule has 2 aliphatic rings. The van der Waals surface area contributed by atoms with Crippen LogP contribution < -0.4 is 5.73 Å². The summed E-state index contributed by atoms with van der Waals surface area (Å²) in [6, 6.07) is 0. The molecule has 2 N–H and O–H groups in total. The van der Waals surface area contributed by atoms with Crippen LogP contribution in [0.4, 0.5) is 0 Å². The van der Waals surface area contributed by atoms with Gasteiger partial charge in [-0.3, -0.25) is 0 Å². The standard InChI is InChI=1S/C16H30N2O3/c1-4-15-6-5-7-16(12-15,13(2)21-18(19)20)11-14(3,10-15)8-9-17/h13H,4-12,17H2,1-3H3. The Hall–Kier alpha value is -0.840. The Kier molecular flexibility index (Phi) is 4.52. The van der Waals surface area contributed by atoms with Crippen molar-refractivity contribution in [3.05, 3.63) is 10.1 Å². The molecule has 0 amide bonds. The molecule has 0 aromatic carbocycles. The second kappa shape index (κ2) is 5.75. The number of rotatable bonds is 6. The van der Waals surface area contributed by atoms with Gasteiger partial charge in [0.15, 0.2) is 0 Å². The first-order valence-corrected chi connectivity index (χ1v) is 8.30. The molecule has 122 valence electrons. The summed E-state index contributed by atoms with van der Waals surface area (Å²) >= 11 is 0. The van der Waals surface area contributed by atoms with Crippen LogP contribution in [0.3, 0.4) is 0 Å². The Labute approximate surface area is 127 Å². The van der Waals surface area contributed by atoms with Gasteiger partial charge in [0.2, 0.25) is 0 Å². The maximum atomic E-state index is 10.8. The molecule has 2 aliphatic carbocycles. The van der Waals surface area contributed by atoms with Crippen molar-refractivity contribution in [3.8, 4) is 0 Å². The Morgan fingerprint density at radius 2 is 2.05 bits per heavy atom. The Balaban J connectivity index is 2.31. The van der Waals surface area contributed by atoms with E-state index in [-0.39, 0.29) is 16.9 Å². The molecule has 0 aromatic heterocycles. The van der Waals surface area contributed by atoms with Crippen LogP contribution in [0.15, 0.2) is 0 Å². The summed E-state index contributed by atoms with van der Waals surface area (Å²) in [5.41, 5.74) is 6.31. The molecule has 4 unspecified atom stereocenters. The highest BCUT2D eigenvalue weighted by Gasteiger charge is 2.56. The predicted molar refractivity (Wildman–Crippen MR) is 82.2 cm³/mol. The molecule has 0 aliphatic heterocycles. The van der Waals surface area contributed by atoms with Gasteiger partial charge in [-0.15, -0.1) is 10.1 Å². The molecule has 5 nitrogen and oxygen atoms in total. The molecular weight excluding hydrogens is 268 g/mol. The van der Waals surface area contributed by atoms with Gasteiger partial charge in [-0.05, 0) is 68.2 Å². The zero-order valence-electron chi connectivity index (χ0n) is 13.7. The second-order valence-electron chi connectivity index (χ2n) is 7.92. The van der Waals surface area contributed by atoms with Crippen LogP contribution >= 0.6 is 0 Å². The summed E-state index contributed by atoms with van der Waals surface area (Å²) in [6.07, 6.45) is 8.58. The third-order valence-corrected chi connectivity index (χ3v) is 6.29. The van der Waals surface area contributed by atoms with Crippen molar-refractivity contribution in [2.24, 2.45) is 22.0 Å². The van der Waals surface area contributed by atoms with E-state index in [0.717, 1.165) is 38.5 Å². The second-order valence-corrected chi connectivity index (χ2v) is 7.92. The fourth-order valence-corrected chi connectivity index (χ4v) is 5.54. The van der Waals surface area contributed by atoms with Gasteiger partial charge >= 0.3 is 0 Å². The van der Waals surface area contributed by atoms with Gasteiger partial charge in [-0.1, -0.05) is 26.7 Å². The van der Waals surface area contributed by atoms with Gasteiger partial charge in [0, 0.05) is 0 Å². The van der Waals surface area contributed by atoms with Gasteiger partial charge in [0.05, 0.1) is 0 Å². The molecule has 2 bridgehead atoms. The normalized spacial score (nSPS) is 40.6. The third kappa shape index (κ3) is 3.17. The zero-order valence-corrected chi connectivity index (χ0v) is 13.7. The van der Waals surface area contributed by atoms with Gasteiger partial charge in [0.1, 0.15) is 6.10 Å². The molecule has 2 rings (SSSR count). The first-order chi connectivity index (χ1) is 9.79. The van der Waals surface area contributed by atoms with E-state index < -0.39 is 5.09 Å². The van der Waals surface area contributed by atoms with Crippen molar-refractivity contribution < 1.29 is 9.92 Å². The largest absolute Gasteiger partial charge is 0.330 e. The molecular formula is C16H30N2O3. The summed E-state index contributed by atoms with van der Waals surface area (Å²) in [5.74, 6) is 0. The van der Waals surface area contributed by atoms with Crippen LogP contribution in [0.25, 0.3) is 0 Å². The van der Waals surface area contributed by atoms with Crippen molar-refractivity contribution in [1.29, 1.82) is 0 Å². The molecule has 0 heterocycles. The van der Waals surface area contributed by atoms with Crippen LogP contribution in [-0.4, -0.2) is 17.7 Å². The molecule has 5 heteroatoms. The smallest absolute Gasteiger partial charge is 0.294 e. The third-order valence-electron chi connectivity index (χ3n) is 6.29. The predicted octanol–water partition coefficient (Wildman–Crippen LogP) is 3.69. The van der Waals surface area contributed by atoms with E-state index >= 15 is 0 Å². The average molecular weight is 298 g/mol. The number of hydrogen-bond acceptors (Lipinski definition) is 4. The highest BCUT2D eigenvalue weighted by atomic mass is 17.0. The van der Waals surface area contributed by atoms with Gasteiger partial charge < -0.3 is 10.6 Å². The van der Waals surface area contributed by atoms with E-state index in [1.54, 1.807) is 0 Å². The van der Waals surface area contributed by atoms with E-state index in [9.17, 15) is 10.1 Å². The fraction of sp³-hybridized carbons (Fsp3) is 1.00. The monoisotopic (exact) mass is 298 g/mol. The lowest BCUT2D eigenvalue weighted by atomic mass is 9.46. The minimum absolute atomic E-state index is 0.0521. The van der Waals surface area contributed by atoms with E-state index in [4.69, 9.17) is 10.6 Å². The van der Waals surface area contributed by atoms with Crippen molar-refractivity contribution in [2.45, 2.75) is 78.2 Å². The molecule has 0 aromatic rings. The molecule has 2 saturated carbocycles. The number of nitrogens with two attached hydrogens (primary N) is 1. The molecule has 21 heavy (non-hydrogen) atoms. The number of nitrogens with zero attached hydrogens (tertiary/aromatic N) is 1. The first-order valence-electron chi connectivity index (χ1n) is 8.30. The highest BCUT2D eigenvalue weighted by Crippen LogP contribution is 2.64. The van der Waals surface area contributed by atoms with Crippen LogP contribution in [0, 0.1) is 26.4 Å². The molecule has 0 saturated heterocycles. The summed E-state index contributed by atoms with van der Waals surface area (Å²) in [4.78, 5) is 15.8.